The number of amides is 1. The molecule has 0 aliphatic carbocycles. The predicted octanol–water partition coefficient (Wildman–Crippen LogP) is 4.28. The monoisotopic (exact) mass is 396 g/mol. The second-order valence-electron chi connectivity index (χ2n) is 7.24. The molecule has 4 rings (SSSR count). The van der Waals surface area contributed by atoms with Crippen molar-refractivity contribution < 1.29 is 9.32 Å². The lowest BCUT2D eigenvalue weighted by Crippen LogP contribution is -2.24. The van der Waals surface area contributed by atoms with Crippen molar-refractivity contribution in [3.63, 3.8) is 0 Å². The summed E-state index contributed by atoms with van der Waals surface area (Å²) < 4.78 is 5.48. The zero-order valence-corrected chi connectivity index (χ0v) is 16.8. The smallest absolute Gasteiger partial charge is 0.258 e. The normalized spacial score (nSPS) is 16.6. The Morgan fingerprint density at radius 2 is 2.04 bits per heavy atom. The van der Waals surface area contributed by atoms with Gasteiger partial charge in [-0.15, -0.1) is 0 Å². The van der Waals surface area contributed by atoms with Gasteiger partial charge in [0.25, 0.3) is 5.89 Å². The first-order chi connectivity index (χ1) is 13.4. The zero-order chi connectivity index (χ0) is 19.8. The lowest BCUT2D eigenvalue weighted by Gasteiger charge is -2.17. The molecule has 1 unspecified atom stereocenters. The van der Waals surface area contributed by atoms with Crippen molar-refractivity contribution in [3.05, 3.63) is 58.9 Å². The molecule has 0 radical (unpaired) electrons. The van der Waals surface area contributed by atoms with Crippen molar-refractivity contribution in [2.75, 3.05) is 30.4 Å². The number of hydrogen-bond donors (Lipinski definition) is 0. The molecule has 1 aliphatic rings. The quantitative estimate of drug-likeness (QED) is 0.658. The van der Waals surface area contributed by atoms with Gasteiger partial charge in [-0.2, -0.15) is 4.98 Å². The first kappa shape index (κ1) is 18.5. The van der Waals surface area contributed by atoms with Crippen molar-refractivity contribution >= 4 is 28.9 Å². The summed E-state index contributed by atoms with van der Waals surface area (Å²) in [6.07, 6.45) is 0.349. The summed E-state index contributed by atoms with van der Waals surface area (Å²) in [4.78, 5) is 20.8. The van der Waals surface area contributed by atoms with Gasteiger partial charge in [0.2, 0.25) is 5.91 Å². The Kier molecular flexibility index (Phi) is 4.81. The number of aryl methyl sites for hydroxylation is 1. The van der Waals surface area contributed by atoms with E-state index in [0.717, 1.165) is 22.5 Å². The summed E-state index contributed by atoms with van der Waals surface area (Å²) in [7, 11) is 3.96. The van der Waals surface area contributed by atoms with Crippen LogP contribution in [-0.2, 0) is 4.79 Å². The highest BCUT2D eigenvalue weighted by molar-refractivity contribution is 6.31. The molecular weight excluding hydrogens is 376 g/mol. The van der Waals surface area contributed by atoms with Crippen LogP contribution >= 0.6 is 11.6 Å². The highest BCUT2D eigenvalue weighted by Crippen LogP contribution is 2.33. The van der Waals surface area contributed by atoms with Crippen LogP contribution in [0.2, 0.25) is 5.02 Å². The van der Waals surface area contributed by atoms with E-state index in [9.17, 15) is 4.79 Å². The Bertz CT molecular complexity index is 1030. The van der Waals surface area contributed by atoms with Crippen molar-refractivity contribution in [2.45, 2.75) is 19.3 Å². The number of carbonyl (C=O) groups excluding carboxylic acids is 1. The van der Waals surface area contributed by atoms with Crippen LogP contribution in [0.25, 0.3) is 11.5 Å². The van der Waals surface area contributed by atoms with Crippen LogP contribution in [0, 0.1) is 6.92 Å². The molecule has 1 saturated heterocycles. The van der Waals surface area contributed by atoms with Crippen molar-refractivity contribution in [3.8, 4) is 11.5 Å². The molecule has 1 amide bonds. The van der Waals surface area contributed by atoms with Gasteiger partial charge in [0.15, 0.2) is 5.82 Å². The van der Waals surface area contributed by atoms with E-state index in [4.69, 9.17) is 16.1 Å². The van der Waals surface area contributed by atoms with Crippen LogP contribution in [0.1, 0.15) is 23.7 Å². The third-order valence-electron chi connectivity index (χ3n) is 5.01. The van der Waals surface area contributed by atoms with Gasteiger partial charge in [-0.05, 0) is 42.8 Å². The lowest BCUT2D eigenvalue weighted by molar-refractivity contribution is -0.117. The number of hydrogen-bond acceptors (Lipinski definition) is 5. The maximum Gasteiger partial charge on any atom is 0.258 e. The van der Waals surface area contributed by atoms with Crippen molar-refractivity contribution in [2.24, 2.45) is 0 Å². The molecule has 1 aliphatic heterocycles. The topological polar surface area (TPSA) is 62.5 Å². The SMILES string of the molecule is Cc1ccc(N2CC(c3noc(-c4cccc(N(C)C)c4)n3)CC2=O)cc1Cl. The van der Waals surface area contributed by atoms with E-state index in [1.54, 1.807) is 4.90 Å². The van der Waals surface area contributed by atoms with Gasteiger partial charge in [0, 0.05) is 54.9 Å². The summed E-state index contributed by atoms with van der Waals surface area (Å²) >= 11 is 6.22. The minimum atomic E-state index is -0.109. The van der Waals surface area contributed by atoms with Gasteiger partial charge in [-0.25, -0.2) is 0 Å². The summed E-state index contributed by atoms with van der Waals surface area (Å²) in [5.74, 6) is 0.940. The molecule has 0 bridgehead atoms. The fourth-order valence-corrected chi connectivity index (χ4v) is 3.49. The first-order valence-corrected chi connectivity index (χ1v) is 9.48. The van der Waals surface area contributed by atoms with Crippen LogP contribution in [0.5, 0.6) is 0 Å². The Hall–Kier alpha value is -2.86. The number of benzene rings is 2. The Morgan fingerprint density at radius 1 is 1.21 bits per heavy atom. The average molecular weight is 397 g/mol. The second kappa shape index (κ2) is 7.28. The molecule has 3 aromatic rings. The molecule has 1 aromatic heterocycles. The number of nitrogens with zero attached hydrogens (tertiary/aromatic N) is 4. The number of rotatable bonds is 4. The molecule has 0 N–H and O–H groups in total. The number of aromatic nitrogens is 2. The van der Waals surface area contributed by atoms with Crippen LogP contribution in [0.15, 0.2) is 47.0 Å². The van der Waals surface area contributed by atoms with E-state index in [1.807, 2.05) is 68.4 Å². The molecule has 28 heavy (non-hydrogen) atoms. The predicted molar refractivity (Wildman–Crippen MR) is 110 cm³/mol. The highest BCUT2D eigenvalue weighted by atomic mass is 35.5. The molecule has 6 nitrogen and oxygen atoms in total. The van der Waals surface area contributed by atoms with E-state index in [2.05, 4.69) is 10.1 Å². The van der Waals surface area contributed by atoms with Crippen molar-refractivity contribution in [1.82, 2.24) is 10.1 Å². The standard InChI is InChI=1S/C21H21ClN4O2/c1-13-7-8-17(11-18(13)22)26-12-15(10-19(26)27)20-23-21(28-24-20)14-5-4-6-16(9-14)25(2)3/h4-9,11,15H,10,12H2,1-3H3. The van der Waals surface area contributed by atoms with E-state index in [0.29, 0.717) is 29.7 Å². The Balaban J connectivity index is 1.55. The number of halogens is 1. The summed E-state index contributed by atoms with van der Waals surface area (Å²) in [6.45, 7) is 2.45. The maximum atomic E-state index is 12.5. The average Bonchev–Trinajstić information content (AvgIpc) is 3.31. The third-order valence-corrected chi connectivity index (χ3v) is 5.42. The summed E-state index contributed by atoms with van der Waals surface area (Å²) in [5, 5.41) is 4.79. The van der Waals surface area contributed by atoms with Gasteiger partial charge >= 0.3 is 0 Å². The van der Waals surface area contributed by atoms with Crippen LogP contribution in [0.4, 0.5) is 11.4 Å². The third kappa shape index (κ3) is 3.47. The molecular formula is C21H21ClN4O2. The molecule has 144 valence electrons. The van der Waals surface area contributed by atoms with Crippen LogP contribution in [-0.4, -0.2) is 36.7 Å². The summed E-state index contributed by atoms with van der Waals surface area (Å²) in [6, 6.07) is 13.6. The molecule has 7 heteroatoms. The van der Waals surface area contributed by atoms with Gasteiger partial charge in [0.05, 0.1) is 0 Å². The van der Waals surface area contributed by atoms with Gasteiger partial charge < -0.3 is 14.3 Å². The first-order valence-electron chi connectivity index (χ1n) is 9.10. The number of carbonyl (C=O) groups is 1. The van der Waals surface area contributed by atoms with Gasteiger partial charge in [-0.1, -0.05) is 28.9 Å². The zero-order valence-electron chi connectivity index (χ0n) is 16.0. The number of anilines is 2. The highest BCUT2D eigenvalue weighted by Gasteiger charge is 2.34. The van der Waals surface area contributed by atoms with Crippen LogP contribution < -0.4 is 9.80 Å². The molecule has 0 spiro atoms. The minimum absolute atomic E-state index is 0.0332. The Labute approximate surface area is 168 Å². The molecule has 2 heterocycles. The van der Waals surface area contributed by atoms with E-state index < -0.39 is 0 Å². The molecule has 1 fully saturated rings. The molecule has 1 atom stereocenters. The minimum Gasteiger partial charge on any atom is -0.378 e. The van der Waals surface area contributed by atoms with E-state index >= 15 is 0 Å². The van der Waals surface area contributed by atoms with E-state index in [-0.39, 0.29) is 11.8 Å². The summed E-state index contributed by atoms with van der Waals surface area (Å²) in [5.41, 5.74) is 3.69. The van der Waals surface area contributed by atoms with Crippen LogP contribution in [0.3, 0.4) is 0 Å². The molecule has 2 aromatic carbocycles. The molecule has 0 saturated carbocycles. The fourth-order valence-electron chi connectivity index (χ4n) is 3.31. The van der Waals surface area contributed by atoms with Gasteiger partial charge in [0.1, 0.15) is 0 Å². The Morgan fingerprint density at radius 3 is 2.79 bits per heavy atom. The van der Waals surface area contributed by atoms with E-state index in [1.165, 1.54) is 0 Å². The second-order valence-corrected chi connectivity index (χ2v) is 7.65. The lowest BCUT2D eigenvalue weighted by atomic mass is 10.1. The fraction of sp³-hybridized carbons (Fsp3) is 0.286. The largest absolute Gasteiger partial charge is 0.378 e. The van der Waals surface area contributed by atoms with Gasteiger partial charge in [-0.3, -0.25) is 4.79 Å². The maximum absolute atomic E-state index is 12.5. The van der Waals surface area contributed by atoms with Crippen molar-refractivity contribution in [1.29, 1.82) is 0 Å².